The molecule has 1 spiro atoms. The molecule has 19 heavy (non-hydrogen) atoms. The van der Waals surface area contributed by atoms with Crippen LogP contribution in [0.2, 0.25) is 0 Å². The minimum atomic E-state index is 0.501. The summed E-state index contributed by atoms with van der Waals surface area (Å²) in [5, 5.41) is 3.81. The lowest BCUT2D eigenvalue weighted by atomic mass is 9.57. The van der Waals surface area contributed by atoms with Crippen LogP contribution >= 0.6 is 0 Å². The maximum atomic E-state index is 6.32. The minimum Gasteiger partial charge on any atom is -0.377 e. The summed E-state index contributed by atoms with van der Waals surface area (Å²) in [7, 11) is 0. The number of hydrogen-bond donors (Lipinski definition) is 1. The van der Waals surface area contributed by atoms with Crippen molar-refractivity contribution in [3.05, 3.63) is 0 Å². The molecular weight excluding hydrogens is 234 g/mol. The van der Waals surface area contributed by atoms with Gasteiger partial charge in [-0.25, -0.2) is 0 Å². The average molecular weight is 265 g/mol. The Balaban J connectivity index is 1.59. The summed E-state index contributed by atoms with van der Waals surface area (Å²) in [5.74, 6) is 0.908. The number of hydrogen-bond acceptors (Lipinski definition) is 2. The molecule has 0 saturated heterocycles. The highest BCUT2D eigenvalue weighted by molar-refractivity contribution is 5.08. The zero-order chi connectivity index (χ0) is 13.1. The van der Waals surface area contributed by atoms with Crippen LogP contribution in [0.1, 0.15) is 71.1 Å². The molecule has 2 atom stereocenters. The van der Waals surface area contributed by atoms with Crippen LogP contribution < -0.4 is 5.32 Å². The Hall–Kier alpha value is -0.0800. The molecule has 3 rings (SSSR count). The molecule has 0 aromatic rings. The van der Waals surface area contributed by atoms with Crippen molar-refractivity contribution in [2.24, 2.45) is 11.3 Å². The largest absolute Gasteiger partial charge is 0.377 e. The Bertz CT molecular complexity index is 279. The molecule has 3 fully saturated rings. The van der Waals surface area contributed by atoms with E-state index in [4.69, 9.17) is 4.74 Å². The van der Waals surface area contributed by atoms with Gasteiger partial charge in [0.1, 0.15) is 0 Å². The van der Waals surface area contributed by atoms with Crippen LogP contribution in [0.25, 0.3) is 0 Å². The molecule has 0 amide bonds. The summed E-state index contributed by atoms with van der Waals surface area (Å²) in [6.45, 7) is 4.50. The van der Waals surface area contributed by atoms with Crippen molar-refractivity contribution in [2.45, 2.75) is 83.3 Å². The van der Waals surface area contributed by atoms with Crippen LogP contribution in [0.15, 0.2) is 0 Å². The highest BCUT2D eigenvalue weighted by atomic mass is 16.5. The maximum absolute atomic E-state index is 6.32. The van der Waals surface area contributed by atoms with Crippen molar-refractivity contribution in [1.29, 1.82) is 0 Å². The maximum Gasteiger partial charge on any atom is 0.0661 e. The van der Waals surface area contributed by atoms with Gasteiger partial charge in [-0.3, -0.25) is 0 Å². The first kappa shape index (κ1) is 13.9. The number of nitrogens with one attached hydrogen (secondary N) is 1. The molecule has 0 bridgehead atoms. The quantitative estimate of drug-likeness (QED) is 0.786. The van der Waals surface area contributed by atoms with E-state index in [1.807, 2.05) is 0 Å². The fraction of sp³-hybridized carbons (Fsp3) is 1.00. The van der Waals surface area contributed by atoms with Crippen molar-refractivity contribution >= 4 is 0 Å². The van der Waals surface area contributed by atoms with Crippen molar-refractivity contribution < 1.29 is 4.74 Å². The van der Waals surface area contributed by atoms with Gasteiger partial charge in [0.05, 0.1) is 6.10 Å². The van der Waals surface area contributed by atoms with Crippen molar-refractivity contribution in [3.63, 3.8) is 0 Å². The molecule has 0 aromatic carbocycles. The van der Waals surface area contributed by atoms with Gasteiger partial charge < -0.3 is 10.1 Å². The van der Waals surface area contributed by atoms with Gasteiger partial charge in [0.25, 0.3) is 0 Å². The third-order valence-corrected chi connectivity index (χ3v) is 5.69. The molecule has 0 aromatic heterocycles. The second-order valence-electron chi connectivity index (χ2n) is 7.16. The lowest BCUT2D eigenvalue weighted by Crippen LogP contribution is -2.63. The summed E-state index contributed by atoms with van der Waals surface area (Å²) in [5.41, 5.74) is 0.501. The summed E-state index contributed by atoms with van der Waals surface area (Å²) in [4.78, 5) is 0. The second-order valence-corrected chi connectivity index (χ2v) is 7.16. The molecule has 2 heteroatoms. The molecule has 2 unspecified atom stereocenters. The fourth-order valence-corrected chi connectivity index (χ4v) is 4.18. The Morgan fingerprint density at radius 2 is 1.84 bits per heavy atom. The van der Waals surface area contributed by atoms with Crippen LogP contribution in [0.4, 0.5) is 0 Å². The van der Waals surface area contributed by atoms with Gasteiger partial charge >= 0.3 is 0 Å². The lowest BCUT2D eigenvalue weighted by Gasteiger charge is -2.56. The van der Waals surface area contributed by atoms with Gasteiger partial charge in [-0.05, 0) is 51.0 Å². The molecule has 110 valence electrons. The molecule has 2 nitrogen and oxygen atoms in total. The Kier molecular flexibility index (Phi) is 4.48. The van der Waals surface area contributed by atoms with Crippen LogP contribution in [0.5, 0.6) is 0 Å². The van der Waals surface area contributed by atoms with E-state index in [0.717, 1.165) is 18.6 Å². The molecule has 3 aliphatic carbocycles. The van der Waals surface area contributed by atoms with Crippen LogP contribution in [-0.4, -0.2) is 25.3 Å². The Labute approximate surface area is 118 Å². The minimum absolute atomic E-state index is 0.501. The summed E-state index contributed by atoms with van der Waals surface area (Å²) in [6.07, 6.45) is 14.5. The van der Waals surface area contributed by atoms with Crippen LogP contribution in [-0.2, 0) is 4.74 Å². The number of ether oxygens (including phenoxy) is 1. The van der Waals surface area contributed by atoms with Crippen molar-refractivity contribution in [1.82, 2.24) is 5.32 Å². The van der Waals surface area contributed by atoms with E-state index in [0.29, 0.717) is 11.5 Å². The van der Waals surface area contributed by atoms with Gasteiger partial charge in [-0.15, -0.1) is 0 Å². The lowest BCUT2D eigenvalue weighted by molar-refractivity contribution is -0.146. The van der Waals surface area contributed by atoms with E-state index in [1.54, 1.807) is 0 Å². The molecule has 3 saturated carbocycles. The molecular formula is C17H31NO. The van der Waals surface area contributed by atoms with Crippen LogP contribution in [0, 0.1) is 11.3 Å². The zero-order valence-electron chi connectivity index (χ0n) is 12.6. The highest BCUT2D eigenvalue weighted by Crippen LogP contribution is 2.52. The molecule has 0 aliphatic heterocycles. The van der Waals surface area contributed by atoms with E-state index in [2.05, 4.69) is 12.2 Å². The van der Waals surface area contributed by atoms with Gasteiger partial charge in [0, 0.05) is 18.1 Å². The molecule has 3 aliphatic rings. The monoisotopic (exact) mass is 265 g/mol. The van der Waals surface area contributed by atoms with Crippen molar-refractivity contribution in [2.75, 3.05) is 13.2 Å². The van der Waals surface area contributed by atoms with E-state index in [1.165, 1.54) is 70.8 Å². The normalized spacial score (nSPS) is 33.9. The highest BCUT2D eigenvalue weighted by Gasteiger charge is 2.54. The third-order valence-electron chi connectivity index (χ3n) is 5.69. The number of rotatable bonds is 6. The first-order chi connectivity index (χ1) is 9.35. The molecule has 1 N–H and O–H groups in total. The van der Waals surface area contributed by atoms with Crippen molar-refractivity contribution in [3.8, 4) is 0 Å². The third kappa shape index (κ3) is 3.00. The fourth-order valence-electron chi connectivity index (χ4n) is 4.18. The Morgan fingerprint density at radius 3 is 2.47 bits per heavy atom. The average Bonchev–Trinajstić information content (AvgIpc) is 3.23. The van der Waals surface area contributed by atoms with Gasteiger partial charge in [0.2, 0.25) is 0 Å². The smallest absolute Gasteiger partial charge is 0.0661 e. The second kappa shape index (κ2) is 6.13. The zero-order valence-corrected chi connectivity index (χ0v) is 12.6. The first-order valence-corrected chi connectivity index (χ1v) is 8.70. The SMILES string of the molecule is CCCNC1CC(OCC2CC2)C12CCCCCC2. The summed E-state index contributed by atoms with van der Waals surface area (Å²) >= 11 is 0. The molecule has 0 radical (unpaired) electrons. The predicted octanol–water partition coefficient (Wildman–Crippen LogP) is 3.89. The van der Waals surface area contributed by atoms with E-state index < -0.39 is 0 Å². The van der Waals surface area contributed by atoms with E-state index in [-0.39, 0.29) is 0 Å². The van der Waals surface area contributed by atoms with Gasteiger partial charge in [-0.2, -0.15) is 0 Å². The van der Waals surface area contributed by atoms with E-state index in [9.17, 15) is 0 Å². The van der Waals surface area contributed by atoms with E-state index >= 15 is 0 Å². The standard InChI is InChI=1S/C17H31NO/c1-2-11-18-15-12-16(19-13-14-7-8-14)17(15)9-5-3-4-6-10-17/h14-16,18H,2-13H2,1H3. The predicted molar refractivity (Wildman–Crippen MR) is 79.3 cm³/mol. The Morgan fingerprint density at radius 1 is 1.11 bits per heavy atom. The summed E-state index contributed by atoms with van der Waals surface area (Å²) < 4.78 is 6.32. The molecule has 0 heterocycles. The van der Waals surface area contributed by atoms with Crippen LogP contribution in [0.3, 0.4) is 0 Å². The van der Waals surface area contributed by atoms with Gasteiger partial charge in [0.15, 0.2) is 0 Å². The first-order valence-electron chi connectivity index (χ1n) is 8.70. The summed E-state index contributed by atoms with van der Waals surface area (Å²) in [6, 6.07) is 0.745. The topological polar surface area (TPSA) is 21.3 Å². The van der Waals surface area contributed by atoms with Gasteiger partial charge in [-0.1, -0.05) is 32.6 Å².